The molecule has 1 aliphatic rings. The van der Waals surface area contributed by atoms with E-state index < -0.39 is 0 Å². The highest BCUT2D eigenvalue weighted by Gasteiger charge is 2.23. The Bertz CT molecular complexity index is 1200. The van der Waals surface area contributed by atoms with Gasteiger partial charge in [-0.2, -0.15) is 0 Å². The number of hydrogen-bond donors (Lipinski definition) is 2. The maximum Gasteiger partial charge on any atom is 0.184 e. The van der Waals surface area contributed by atoms with Gasteiger partial charge in [0, 0.05) is 13.0 Å². The van der Waals surface area contributed by atoms with Gasteiger partial charge >= 0.3 is 0 Å². The molecule has 0 bridgehead atoms. The highest BCUT2D eigenvalue weighted by atomic mass is 32.1. The number of carbonyl (C=O) groups excluding carboxylic acids is 1. The molecule has 6 nitrogen and oxygen atoms in total. The smallest absolute Gasteiger partial charge is 0.184 e. The first-order chi connectivity index (χ1) is 14.7. The van der Waals surface area contributed by atoms with Crippen molar-refractivity contribution in [3.63, 3.8) is 0 Å². The Labute approximate surface area is 178 Å². The zero-order valence-corrected chi connectivity index (χ0v) is 17.4. The summed E-state index contributed by atoms with van der Waals surface area (Å²) in [6, 6.07) is 12.4. The number of benzene rings is 2. The molecule has 1 aliphatic carbocycles. The number of anilines is 1. The Hall–Kier alpha value is -2.77. The average Bonchev–Trinajstić information content (AvgIpc) is 3.33. The largest absolute Gasteiger partial charge is 0.391 e. The fraction of sp³-hybridized carbons (Fsp3) is 0.348. The summed E-state index contributed by atoms with van der Waals surface area (Å²) in [6.45, 7) is 0.724. The van der Waals surface area contributed by atoms with Gasteiger partial charge in [-0.15, -0.1) is 0 Å². The first kappa shape index (κ1) is 19.2. The lowest BCUT2D eigenvalue weighted by molar-refractivity contribution is -0.107. The van der Waals surface area contributed by atoms with E-state index in [0.717, 1.165) is 70.5 Å². The first-order valence-corrected chi connectivity index (χ1v) is 11.2. The molecule has 2 aromatic heterocycles. The molecule has 0 unspecified atom stereocenters. The Morgan fingerprint density at radius 3 is 2.87 bits per heavy atom. The summed E-state index contributed by atoms with van der Waals surface area (Å²) in [5, 5.41) is 14.5. The van der Waals surface area contributed by atoms with Gasteiger partial charge in [0.25, 0.3) is 0 Å². The second kappa shape index (κ2) is 8.16. The van der Waals surface area contributed by atoms with Crippen molar-refractivity contribution < 1.29 is 9.90 Å². The van der Waals surface area contributed by atoms with Gasteiger partial charge in [0.2, 0.25) is 0 Å². The standard InChI is InChI=1S/C23H24N4O2S/c28-10-9-15-6-8-20-19(11-15)24-14-27(20)13-16-5-7-18-22(12-16)30-23(26-18)25-17-3-1-2-4-21(17)29/h5-8,10-12,14,17,21,29H,1-4,9,13H2,(H,25,26)/t17-,21-/m1/s1. The number of nitrogens with one attached hydrogen (secondary N) is 1. The normalized spacial score (nSPS) is 19.4. The summed E-state index contributed by atoms with van der Waals surface area (Å²) < 4.78 is 3.26. The summed E-state index contributed by atoms with van der Waals surface area (Å²) in [5.74, 6) is 0. The second-order valence-electron chi connectivity index (χ2n) is 7.99. The van der Waals surface area contributed by atoms with Gasteiger partial charge in [0.15, 0.2) is 5.13 Å². The molecule has 7 heteroatoms. The molecule has 0 aliphatic heterocycles. The lowest BCUT2D eigenvalue weighted by Gasteiger charge is -2.27. The molecule has 30 heavy (non-hydrogen) atoms. The first-order valence-electron chi connectivity index (χ1n) is 10.4. The van der Waals surface area contributed by atoms with Crippen molar-refractivity contribution >= 4 is 44.0 Å². The molecule has 4 aromatic rings. The van der Waals surface area contributed by atoms with Crippen LogP contribution in [-0.4, -0.2) is 38.1 Å². The van der Waals surface area contributed by atoms with Crippen LogP contribution in [0.2, 0.25) is 0 Å². The molecule has 0 saturated heterocycles. The number of aldehydes is 1. The van der Waals surface area contributed by atoms with Gasteiger partial charge in [-0.3, -0.25) is 0 Å². The van der Waals surface area contributed by atoms with Crippen molar-refractivity contribution in [2.75, 3.05) is 5.32 Å². The van der Waals surface area contributed by atoms with Crippen molar-refractivity contribution in [1.29, 1.82) is 0 Å². The maximum absolute atomic E-state index is 10.7. The number of imidazole rings is 1. The molecule has 1 saturated carbocycles. The van der Waals surface area contributed by atoms with Crippen LogP contribution in [-0.2, 0) is 17.8 Å². The van der Waals surface area contributed by atoms with Gasteiger partial charge in [-0.25, -0.2) is 9.97 Å². The van der Waals surface area contributed by atoms with E-state index in [1.54, 1.807) is 11.3 Å². The number of thiazole rings is 1. The molecule has 2 aromatic carbocycles. The zero-order valence-electron chi connectivity index (χ0n) is 16.6. The molecule has 2 atom stereocenters. The molecule has 154 valence electrons. The minimum atomic E-state index is -0.289. The average molecular weight is 421 g/mol. The van der Waals surface area contributed by atoms with E-state index >= 15 is 0 Å². The topological polar surface area (TPSA) is 80.0 Å². The van der Waals surface area contributed by atoms with E-state index in [9.17, 15) is 9.90 Å². The van der Waals surface area contributed by atoms with E-state index in [2.05, 4.69) is 33.1 Å². The second-order valence-corrected chi connectivity index (χ2v) is 9.02. The third kappa shape index (κ3) is 3.82. The van der Waals surface area contributed by atoms with E-state index in [0.29, 0.717) is 6.42 Å². The van der Waals surface area contributed by atoms with Gasteiger partial charge in [0.05, 0.1) is 39.7 Å². The molecule has 0 radical (unpaired) electrons. The van der Waals surface area contributed by atoms with E-state index in [1.807, 2.05) is 24.5 Å². The molecule has 0 spiro atoms. The fourth-order valence-corrected chi connectivity index (χ4v) is 5.21. The van der Waals surface area contributed by atoms with Gasteiger partial charge in [-0.05, 0) is 48.2 Å². The number of aromatic nitrogens is 3. The Balaban J connectivity index is 1.36. The highest BCUT2D eigenvalue weighted by molar-refractivity contribution is 7.22. The summed E-state index contributed by atoms with van der Waals surface area (Å²) in [4.78, 5) is 20.0. The van der Waals surface area contributed by atoms with Crippen LogP contribution in [0.1, 0.15) is 36.8 Å². The van der Waals surface area contributed by atoms with Crippen LogP contribution in [0.5, 0.6) is 0 Å². The molecular weight excluding hydrogens is 396 g/mol. The summed E-state index contributed by atoms with van der Waals surface area (Å²) in [7, 11) is 0. The third-order valence-corrected chi connectivity index (χ3v) is 6.80. The monoisotopic (exact) mass is 420 g/mol. The van der Waals surface area contributed by atoms with Crippen molar-refractivity contribution in [2.45, 2.75) is 50.8 Å². The van der Waals surface area contributed by atoms with Crippen LogP contribution in [0.4, 0.5) is 5.13 Å². The van der Waals surface area contributed by atoms with Crippen molar-refractivity contribution in [3.05, 3.63) is 53.9 Å². The lowest BCUT2D eigenvalue weighted by Crippen LogP contribution is -2.36. The minimum absolute atomic E-state index is 0.0974. The molecule has 2 N–H and O–H groups in total. The van der Waals surface area contributed by atoms with Crippen LogP contribution >= 0.6 is 11.3 Å². The fourth-order valence-electron chi connectivity index (χ4n) is 4.22. The molecule has 2 heterocycles. The number of fused-ring (bicyclic) bond motifs is 2. The van der Waals surface area contributed by atoms with Gasteiger partial charge in [-0.1, -0.05) is 36.3 Å². The summed E-state index contributed by atoms with van der Waals surface area (Å²) in [6.07, 6.45) is 7.00. The predicted octanol–water partition coefficient (Wildman–Crippen LogP) is 4.15. The maximum atomic E-state index is 10.7. The van der Waals surface area contributed by atoms with Crippen molar-refractivity contribution in [2.24, 2.45) is 0 Å². The molecule has 5 rings (SSSR count). The number of rotatable bonds is 6. The van der Waals surface area contributed by atoms with Crippen LogP contribution in [0, 0.1) is 0 Å². The van der Waals surface area contributed by atoms with Crippen LogP contribution in [0.25, 0.3) is 21.3 Å². The van der Waals surface area contributed by atoms with Crippen LogP contribution < -0.4 is 5.32 Å². The predicted molar refractivity (Wildman–Crippen MR) is 120 cm³/mol. The SMILES string of the molecule is O=CCc1ccc2c(c1)ncn2Cc1ccc2nc(N[C@@H]3CCCC[C@H]3O)sc2c1. The molecular formula is C23H24N4O2S. The van der Waals surface area contributed by atoms with Crippen molar-refractivity contribution in [3.8, 4) is 0 Å². The minimum Gasteiger partial charge on any atom is -0.391 e. The lowest BCUT2D eigenvalue weighted by atomic mass is 9.93. The quantitative estimate of drug-likeness (QED) is 0.458. The highest BCUT2D eigenvalue weighted by Crippen LogP contribution is 2.30. The molecule has 1 fully saturated rings. The summed E-state index contributed by atoms with van der Waals surface area (Å²) >= 11 is 1.64. The molecule has 0 amide bonds. The third-order valence-electron chi connectivity index (χ3n) is 5.85. The Morgan fingerprint density at radius 1 is 1.13 bits per heavy atom. The van der Waals surface area contributed by atoms with Gasteiger partial charge < -0.3 is 19.8 Å². The van der Waals surface area contributed by atoms with E-state index in [4.69, 9.17) is 4.98 Å². The number of aliphatic hydroxyl groups is 1. The van der Waals surface area contributed by atoms with E-state index in [1.165, 1.54) is 5.56 Å². The number of hydrogen-bond acceptors (Lipinski definition) is 6. The zero-order chi connectivity index (χ0) is 20.5. The number of carbonyl (C=O) groups is 1. The Kier molecular flexibility index (Phi) is 5.23. The van der Waals surface area contributed by atoms with Gasteiger partial charge in [0.1, 0.15) is 6.29 Å². The Morgan fingerprint density at radius 2 is 2.00 bits per heavy atom. The van der Waals surface area contributed by atoms with Crippen LogP contribution in [0.15, 0.2) is 42.7 Å². The number of aliphatic hydroxyl groups excluding tert-OH is 1. The van der Waals surface area contributed by atoms with Crippen molar-refractivity contribution in [1.82, 2.24) is 14.5 Å². The van der Waals surface area contributed by atoms with E-state index in [-0.39, 0.29) is 12.1 Å². The number of nitrogens with zero attached hydrogens (tertiary/aromatic N) is 3. The summed E-state index contributed by atoms with van der Waals surface area (Å²) in [5.41, 5.74) is 5.11. The van der Waals surface area contributed by atoms with Crippen LogP contribution in [0.3, 0.4) is 0 Å².